The highest BCUT2D eigenvalue weighted by molar-refractivity contribution is 6.10. The van der Waals surface area contributed by atoms with Crippen molar-refractivity contribution in [1.82, 2.24) is 0 Å². The molecule has 0 fully saturated rings. The van der Waals surface area contributed by atoms with Crippen LogP contribution in [-0.2, 0) is 0 Å². The van der Waals surface area contributed by atoms with Crippen LogP contribution in [0.15, 0.2) is 54.1 Å². The largest absolute Gasteiger partial charge is 0.504 e. The van der Waals surface area contributed by atoms with Crippen molar-refractivity contribution in [3.63, 3.8) is 0 Å². The average molecular weight is 254 g/mol. The van der Waals surface area contributed by atoms with Crippen LogP contribution in [0, 0.1) is 0 Å². The monoisotopic (exact) mass is 254 g/mol. The molecule has 0 spiro atoms. The van der Waals surface area contributed by atoms with Crippen LogP contribution in [0.2, 0.25) is 0 Å². The Morgan fingerprint density at radius 3 is 2.32 bits per heavy atom. The van der Waals surface area contributed by atoms with Crippen LogP contribution in [-0.4, -0.2) is 16.0 Å². The highest BCUT2D eigenvalue weighted by Gasteiger charge is 2.07. The summed E-state index contributed by atoms with van der Waals surface area (Å²) in [5, 5.41) is 18.6. The molecular weight excluding hydrogens is 240 g/mol. The number of hydrogen-bond acceptors (Lipinski definition) is 3. The standard InChI is InChI=1S/C16H14O3/c1-11(16(19)13-5-3-2-4-6-13)9-12-7-8-14(17)15(18)10-12/h2-10,17-18H,1H3/b11-9+. The third-order valence-electron chi connectivity index (χ3n) is 2.78. The van der Waals surface area contributed by atoms with Crippen molar-refractivity contribution in [1.29, 1.82) is 0 Å². The molecule has 0 saturated heterocycles. The molecule has 96 valence electrons. The van der Waals surface area contributed by atoms with Gasteiger partial charge in [0.05, 0.1) is 0 Å². The van der Waals surface area contributed by atoms with Crippen LogP contribution >= 0.6 is 0 Å². The molecule has 0 heterocycles. The second-order valence-corrected chi connectivity index (χ2v) is 4.27. The summed E-state index contributed by atoms with van der Waals surface area (Å²) in [6, 6.07) is 13.4. The summed E-state index contributed by atoms with van der Waals surface area (Å²) in [6.07, 6.45) is 1.68. The first kappa shape index (κ1) is 12.9. The zero-order valence-corrected chi connectivity index (χ0v) is 10.5. The fourth-order valence-electron chi connectivity index (χ4n) is 1.76. The zero-order valence-electron chi connectivity index (χ0n) is 10.5. The van der Waals surface area contributed by atoms with E-state index in [1.54, 1.807) is 31.2 Å². The summed E-state index contributed by atoms with van der Waals surface area (Å²) in [4.78, 5) is 12.1. The lowest BCUT2D eigenvalue weighted by molar-refractivity contribution is 0.103. The Balaban J connectivity index is 2.28. The Bertz CT molecular complexity index is 628. The highest BCUT2D eigenvalue weighted by atomic mass is 16.3. The Labute approximate surface area is 111 Å². The van der Waals surface area contributed by atoms with E-state index in [1.165, 1.54) is 12.1 Å². The van der Waals surface area contributed by atoms with E-state index in [-0.39, 0.29) is 17.3 Å². The van der Waals surface area contributed by atoms with Gasteiger partial charge in [0.15, 0.2) is 17.3 Å². The molecule has 0 aromatic heterocycles. The van der Waals surface area contributed by atoms with E-state index < -0.39 is 0 Å². The number of phenolic OH excluding ortho intramolecular Hbond substituents is 2. The number of Topliss-reactive ketones (excluding diaryl/α,β-unsaturated/α-hetero) is 1. The fraction of sp³-hybridized carbons (Fsp3) is 0.0625. The maximum absolute atomic E-state index is 12.1. The molecule has 3 heteroatoms. The molecule has 0 saturated carbocycles. The minimum atomic E-state index is -0.200. The van der Waals surface area contributed by atoms with Gasteiger partial charge in [0.25, 0.3) is 0 Å². The van der Waals surface area contributed by atoms with E-state index in [0.717, 1.165) is 0 Å². The lowest BCUT2D eigenvalue weighted by Crippen LogP contribution is -1.99. The van der Waals surface area contributed by atoms with Crippen LogP contribution in [0.3, 0.4) is 0 Å². The van der Waals surface area contributed by atoms with Crippen molar-refractivity contribution >= 4 is 11.9 Å². The molecule has 0 aliphatic rings. The Hall–Kier alpha value is -2.55. The summed E-state index contributed by atoms with van der Waals surface area (Å²) < 4.78 is 0. The second kappa shape index (κ2) is 5.40. The van der Waals surface area contributed by atoms with Gasteiger partial charge >= 0.3 is 0 Å². The normalized spacial score (nSPS) is 11.3. The van der Waals surface area contributed by atoms with E-state index in [1.807, 2.05) is 18.2 Å². The first-order valence-corrected chi connectivity index (χ1v) is 5.88. The summed E-state index contributed by atoms with van der Waals surface area (Å²) in [7, 11) is 0. The Morgan fingerprint density at radius 2 is 1.68 bits per heavy atom. The van der Waals surface area contributed by atoms with Crippen molar-refractivity contribution < 1.29 is 15.0 Å². The van der Waals surface area contributed by atoms with Gasteiger partial charge in [0.2, 0.25) is 0 Å². The molecule has 0 radical (unpaired) electrons. The molecule has 2 aromatic rings. The average Bonchev–Trinajstić information content (AvgIpc) is 2.43. The molecule has 0 bridgehead atoms. The maximum atomic E-state index is 12.1. The molecular formula is C16H14O3. The predicted octanol–water partition coefficient (Wildman–Crippen LogP) is 3.38. The summed E-state index contributed by atoms with van der Waals surface area (Å²) in [6.45, 7) is 1.72. The van der Waals surface area contributed by atoms with Gasteiger partial charge < -0.3 is 10.2 Å². The SMILES string of the molecule is C/C(=C\c1ccc(O)c(O)c1)C(=O)c1ccccc1. The Kier molecular flexibility index (Phi) is 3.66. The smallest absolute Gasteiger partial charge is 0.188 e. The van der Waals surface area contributed by atoms with Crippen molar-refractivity contribution in [3.8, 4) is 11.5 Å². The summed E-state index contributed by atoms with van der Waals surface area (Å²) in [5.41, 5.74) is 1.85. The lowest BCUT2D eigenvalue weighted by atomic mass is 10.0. The van der Waals surface area contributed by atoms with Crippen molar-refractivity contribution in [3.05, 3.63) is 65.2 Å². The lowest BCUT2D eigenvalue weighted by Gasteiger charge is -2.03. The van der Waals surface area contributed by atoms with Gasteiger partial charge in [-0.3, -0.25) is 4.79 Å². The van der Waals surface area contributed by atoms with Crippen LogP contribution in [0.1, 0.15) is 22.8 Å². The number of rotatable bonds is 3. The van der Waals surface area contributed by atoms with Gasteiger partial charge in [-0.05, 0) is 36.3 Å². The second-order valence-electron chi connectivity index (χ2n) is 4.27. The number of carbonyl (C=O) groups is 1. The molecule has 2 rings (SSSR count). The third-order valence-corrected chi connectivity index (χ3v) is 2.78. The van der Waals surface area contributed by atoms with E-state index in [0.29, 0.717) is 16.7 Å². The van der Waals surface area contributed by atoms with Crippen LogP contribution in [0.4, 0.5) is 0 Å². The molecule has 3 nitrogen and oxygen atoms in total. The molecule has 0 aliphatic heterocycles. The van der Waals surface area contributed by atoms with E-state index in [9.17, 15) is 15.0 Å². The van der Waals surface area contributed by atoms with Gasteiger partial charge in [-0.15, -0.1) is 0 Å². The number of carbonyl (C=O) groups excluding carboxylic acids is 1. The third kappa shape index (κ3) is 3.01. The van der Waals surface area contributed by atoms with E-state index in [4.69, 9.17) is 0 Å². The molecule has 0 unspecified atom stereocenters. The van der Waals surface area contributed by atoms with Gasteiger partial charge in [0.1, 0.15) is 0 Å². The number of hydrogen-bond donors (Lipinski definition) is 2. The van der Waals surface area contributed by atoms with Gasteiger partial charge in [-0.1, -0.05) is 36.4 Å². The molecule has 2 N–H and O–H groups in total. The Morgan fingerprint density at radius 1 is 1.00 bits per heavy atom. The number of aromatic hydroxyl groups is 2. The number of ketones is 1. The van der Waals surface area contributed by atoms with Crippen LogP contribution in [0.25, 0.3) is 6.08 Å². The summed E-state index contributed by atoms with van der Waals surface area (Å²) in [5.74, 6) is -0.439. The first-order chi connectivity index (χ1) is 9.08. The van der Waals surface area contributed by atoms with Crippen LogP contribution < -0.4 is 0 Å². The van der Waals surface area contributed by atoms with Gasteiger partial charge in [-0.25, -0.2) is 0 Å². The van der Waals surface area contributed by atoms with Crippen molar-refractivity contribution in [2.75, 3.05) is 0 Å². The minimum Gasteiger partial charge on any atom is -0.504 e. The highest BCUT2D eigenvalue weighted by Crippen LogP contribution is 2.26. The molecule has 0 atom stereocenters. The number of phenols is 2. The molecule has 19 heavy (non-hydrogen) atoms. The van der Waals surface area contributed by atoms with E-state index >= 15 is 0 Å². The minimum absolute atomic E-state index is 0.0619. The first-order valence-electron chi connectivity index (χ1n) is 5.88. The van der Waals surface area contributed by atoms with Crippen LogP contribution in [0.5, 0.6) is 11.5 Å². The zero-order chi connectivity index (χ0) is 13.8. The molecule has 0 aliphatic carbocycles. The predicted molar refractivity (Wildman–Crippen MR) is 74.2 cm³/mol. The topological polar surface area (TPSA) is 57.5 Å². The quantitative estimate of drug-likeness (QED) is 0.501. The maximum Gasteiger partial charge on any atom is 0.188 e. The summed E-state index contributed by atoms with van der Waals surface area (Å²) >= 11 is 0. The van der Waals surface area contributed by atoms with Gasteiger partial charge in [0, 0.05) is 5.56 Å². The molecule has 0 amide bonds. The fourth-order valence-corrected chi connectivity index (χ4v) is 1.76. The van der Waals surface area contributed by atoms with E-state index in [2.05, 4.69) is 0 Å². The number of benzene rings is 2. The van der Waals surface area contributed by atoms with Crippen molar-refractivity contribution in [2.24, 2.45) is 0 Å². The van der Waals surface area contributed by atoms with Gasteiger partial charge in [-0.2, -0.15) is 0 Å². The molecule has 2 aromatic carbocycles. The number of allylic oxidation sites excluding steroid dienone is 1. The van der Waals surface area contributed by atoms with Crippen molar-refractivity contribution in [2.45, 2.75) is 6.92 Å².